The highest BCUT2D eigenvalue weighted by molar-refractivity contribution is 5.06. The Morgan fingerprint density at radius 3 is 2.06 bits per heavy atom. The molecule has 0 aromatic carbocycles. The molecule has 1 atom stereocenters. The molecular weight excluding hydrogens is 206 g/mol. The predicted octanol–water partition coefficient (Wildman–Crippen LogP) is 3.72. The minimum absolute atomic E-state index is 0.520. The van der Waals surface area contributed by atoms with Crippen LogP contribution < -0.4 is 5.73 Å². The van der Waals surface area contributed by atoms with Crippen LogP contribution in [0.4, 0.5) is 0 Å². The molecule has 17 heavy (non-hydrogen) atoms. The maximum Gasteiger partial charge on any atom is 0.00390 e. The van der Waals surface area contributed by atoms with E-state index in [1.54, 1.807) is 32.1 Å². The van der Waals surface area contributed by atoms with Gasteiger partial charge in [0.25, 0.3) is 0 Å². The highest BCUT2D eigenvalue weighted by Crippen LogP contribution is 2.65. The Morgan fingerprint density at radius 1 is 0.765 bits per heavy atom. The van der Waals surface area contributed by atoms with Crippen LogP contribution >= 0.6 is 0 Å². The van der Waals surface area contributed by atoms with Crippen LogP contribution in [0.1, 0.15) is 64.2 Å². The monoisotopic (exact) mass is 233 g/mol. The summed E-state index contributed by atoms with van der Waals surface area (Å²) in [6.45, 7) is 0. The van der Waals surface area contributed by atoms with E-state index in [0.717, 1.165) is 29.1 Å². The molecular formula is C16H27N. The minimum atomic E-state index is 0.520. The van der Waals surface area contributed by atoms with E-state index in [2.05, 4.69) is 0 Å². The van der Waals surface area contributed by atoms with Crippen molar-refractivity contribution in [2.45, 2.75) is 70.3 Å². The van der Waals surface area contributed by atoms with Crippen LogP contribution in [0.25, 0.3) is 0 Å². The second-order valence-electron chi connectivity index (χ2n) is 7.73. The molecule has 0 aromatic heterocycles. The lowest BCUT2D eigenvalue weighted by molar-refractivity contribution is -0.117. The number of hydrogen-bond donors (Lipinski definition) is 1. The zero-order valence-corrected chi connectivity index (χ0v) is 11.0. The Labute approximate surface area is 106 Å². The average Bonchev–Trinajstić information content (AvgIpc) is 2.49. The quantitative estimate of drug-likeness (QED) is 0.678. The van der Waals surface area contributed by atoms with Crippen molar-refractivity contribution in [3.8, 4) is 0 Å². The van der Waals surface area contributed by atoms with Crippen LogP contribution in [-0.4, -0.2) is 6.04 Å². The molecule has 0 heterocycles. The van der Waals surface area contributed by atoms with Crippen molar-refractivity contribution in [2.24, 2.45) is 34.8 Å². The van der Waals surface area contributed by atoms with Gasteiger partial charge in [-0.15, -0.1) is 0 Å². The Morgan fingerprint density at radius 2 is 1.41 bits per heavy atom. The Kier molecular flexibility index (Phi) is 2.38. The Bertz CT molecular complexity index is 281. The summed E-state index contributed by atoms with van der Waals surface area (Å²) in [5, 5.41) is 0. The normalized spacial score (nSPS) is 57.4. The van der Waals surface area contributed by atoms with Crippen molar-refractivity contribution in [2.75, 3.05) is 0 Å². The Hall–Kier alpha value is -0.0400. The van der Waals surface area contributed by atoms with Crippen molar-refractivity contribution in [1.82, 2.24) is 0 Å². The molecule has 5 aliphatic carbocycles. The predicted molar refractivity (Wildman–Crippen MR) is 70.5 cm³/mol. The average molecular weight is 233 g/mol. The molecule has 4 bridgehead atoms. The summed E-state index contributed by atoms with van der Waals surface area (Å²) in [7, 11) is 0. The maximum absolute atomic E-state index is 6.21. The third kappa shape index (κ3) is 1.54. The first-order valence-electron chi connectivity index (χ1n) is 8.02. The van der Waals surface area contributed by atoms with Crippen molar-refractivity contribution >= 4 is 0 Å². The lowest BCUT2D eigenvalue weighted by Gasteiger charge is -2.62. The smallest absolute Gasteiger partial charge is 0.00390 e. The van der Waals surface area contributed by atoms with Gasteiger partial charge in [-0.25, -0.2) is 0 Å². The summed E-state index contributed by atoms with van der Waals surface area (Å²) in [6.07, 6.45) is 15.0. The fourth-order valence-electron chi connectivity index (χ4n) is 6.36. The van der Waals surface area contributed by atoms with Crippen LogP contribution in [0.5, 0.6) is 0 Å². The van der Waals surface area contributed by atoms with Gasteiger partial charge in [0, 0.05) is 6.04 Å². The lowest BCUT2D eigenvalue weighted by atomic mass is 9.43. The second-order valence-corrected chi connectivity index (χ2v) is 7.73. The van der Waals surface area contributed by atoms with Gasteiger partial charge in [0.15, 0.2) is 0 Å². The first-order valence-corrected chi connectivity index (χ1v) is 8.02. The number of hydrogen-bond acceptors (Lipinski definition) is 1. The molecule has 5 saturated carbocycles. The fraction of sp³-hybridized carbons (Fsp3) is 1.00. The molecule has 1 nitrogen and oxygen atoms in total. The van der Waals surface area contributed by atoms with Gasteiger partial charge in [-0.1, -0.05) is 6.42 Å². The van der Waals surface area contributed by atoms with Crippen LogP contribution in [0.3, 0.4) is 0 Å². The van der Waals surface area contributed by atoms with E-state index in [1.165, 1.54) is 32.1 Å². The number of rotatable bonds is 0. The zero-order chi connectivity index (χ0) is 11.5. The summed E-state index contributed by atoms with van der Waals surface area (Å²) in [6, 6.07) is 0.520. The third-order valence-electron chi connectivity index (χ3n) is 6.96. The van der Waals surface area contributed by atoms with Crippen LogP contribution in [0.2, 0.25) is 0 Å². The van der Waals surface area contributed by atoms with E-state index < -0.39 is 0 Å². The molecule has 2 N–H and O–H groups in total. The molecule has 96 valence electrons. The van der Waals surface area contributed by atoms with E-state index in [0.29, 0.717) is 6.04 Å². The molecule has 5 fully saturated rings. The molecule has 0 radical (unpaired) electrons. The first kappa shape index (κ1) is 10.8. The van der Waals surface area contributed by atoms with Gasteiger partial charge in [0.2, 0.25) is 0 Å². The maximum atomic E-state index is 6.21. The van der Waals surface area contributed by atoms with E-state index in [-0.39, 0.29) is 0 Å². The van der Waals surface area contributed by atoms with Gasteiger partial charge in [-0.2, -0.15) is 0 Å². The fourth-order valence-corrected chi connectivity index (χ4v) is 6.36. The summed E-state index contributed by atoms with van der Waals surface area (Å²) in [5.74, 6) is 4.45. The molecule has 5 rings (SSSR count). The highest BCUT2D eigenvalue weighted by Gasteiger charge is 2.56. The van der Waals surface area contributed by atoms with E-state index in [9.17, 15) is 0 Å². The zero-order valence-electron chi connectivity index (χ0n) is 11.0. The standard InChI is InChI=1S/C16H27N/c17-15-2-1-4-16(5-3-15)13-7-11-6-12(9-13)10-14(16)8-11/h11-15H,1-10,17H2. The molecule has 0 aromatic rings. The van der Waals surface area contributed by atoms with Crippen LogP contribution in [0, 0.1) is 29.1 Å². The summed E-state index contributed by atoms with van der Waals surface area (Å²) in [4.78, 5) is 0. The van der Waals surface area contributed by atoms with Gasteiger partial charge < -0.3 is 5.73 Å². The van der Waals surface area contributed by atoms with Crippen molar-refractivity contribution in [1.29, 1.82) is 0 Å². The van der Waals surface area contributed by atoms with Gasteiger partial charge in [0.1, 0.15) is 0 Å². The molecule has 0 saturated heterocycles. The summed E-state index contributed by atoms with van der Waals surface area (Å²) in [5.41, 5.74) is 6.98. The van der Waals surface area contributed by atoms with E-state index in [1.807, 2.05) is 0 Å². The highest BCUT2D eigenvalue weighted by atomic mass is 14.7. The summed E-state index contributed by atoms with van der Waals surface area (Å²) < 4.78 is 0. The van der Waals surface area contributed by atoms with Gasteiger partial charge in [0.05, 0.1) is 0 Å². The van der Waals surface area contributed by atoms with Gasteiger partial charge >= 0.3 is 0 Å². The Balaban J connectivity index is 1.63. The van der Waals surface area contributed by atoms with Crippen molar-refractivity contribution in [3.63, 3.8) is 0 Å². The topological polar surface area (TPSA) is 26.0 Å². The molecule has 0 amide bonds. The second kappa shape index (κ2) is 3.73. The van der Waals surface area contributed by atoms with Crippen LogP contribution in [0.15, 0.2) is 0 Å². The lowest BCUT2D eigenvalue weighted by Crippen LogP contribution is -2.52. The van der Waals surface area contributed by atoms with Gasteiger partial charge in [-0.05, 0) is 86.9 Å². The van der Waals surface area contributed by atoms with Gasteiger partial charge in [-0.3, -0.25) is 0 Å². The molecule has 1 heteroatoms. The molecule has 5 aliphatic rings. The SMILES string of the molecule is NC1CCCC2(CC1)C1CC3CC(C1)CC2C3. The molecule has 1 unspecified atom stereocenters. The minimum Gasteiger partial charge on any atom is -0.328 e. The molecule has 0 aliphatic heterocycles. The van der Waals surface area contributed by atoms with E-state index in [4.69, 9.17) is 5.73 Å². The third-order valence-corrected chi connectivity index (χ3v) is 6.96. The largest absolute Gasteiger partial charge is 0.328 e. The number of nitrogens with two attached hydrogens (primary N) is 1. The van der Waals surface area contributed by atoms with Crippen LogP contribution in [-0.2, 0) is 0 Å². The van der Waals surface area contributed by atoms with Crippen molar-refractivity contribution in [3.05, 3.63) is 0 Å². The first-order chi connectivity index (χ1) is 8.26. The van der Waals surface area contributed by atoms with Crippen molar-refractivity contribution < 1.29 is 0 Å². The summed E-state index contributed by atoms with van der Waals surface area (Å²) >= 11 is 0. The van der Waals surface area contributed by atoms with E-state index >= 15 is 0 Å². The molecule has 1 spiro atoms.